The summed E-state index contributed by atoms with van der Waals surface area (Å²) in [6.45, 7) is 0.0244. The fourth-order valence-corrected chi connectivity index (χ4v) is 3.85. The molecule has 1 saturated heterocycles. The van der Waals surface area contributed by atoms with Gasteiger partial charge in [0.25, 0.3) is 11.1 Å². The van der Waals surface area contributed by atoms with Crippen LogP contribution in [0.4, 0.5) is 4.79 Å². The molecular weight excluding hydrogens is 442 g/mol. The Labute approximate surface area is 187 Å². The lowest BCUT2D eigenvalue weighted by molar-refractivity contribution is -0.255. The van der Waals surface area contributed by atoms with E-state index in [4.69, 9.17) is 27.5 Å². The van der Waals surface area contributed by atoms with Crippen LogP contribution >= 0.6 is 23.4 Å². The molecule has 31 heavy (non-hydrogen) atoms. The molecule has 158 valence electrons. The van der Waals surface area contributed by atoms with E-state index >= 15 is 0 Å². The van der Waals surface area contributed by atoms with E-state index in [2.05, 4.69) is 5.92 Å². The average molecular weight is 457 g/mol. The van der Waals surface area contributed by atoms with Crippen LogP contribution in [-0.2, 0) is 11.4 Å². The number of carbonyl (C=O) groups excluding carboxylic acids is 3. The maximum Gasteiger partial charge on any atom is 0.294 e. The molecule has 2 aromatic carbocycles. The van der Waals surface area contributed by atoms with Crippen LogP contribution in [0.5, 0.6) is 11.5 Å². The Morgan fingerprint density at radius 2 is 2.00 bits per heavy atom. The summed E-state index contributed by atoms with van der Waals surface area (Å²) in [6.07, 6.45) is 6.72. The molecule has 7 nitrogen and oxygen atoms in total. The van der Waals surface area contributed by atoms with E-state index in [0.29, 0.717) is 11.3 Å². The topological polar surface area (TPSA) is 96.0 Å². The van der Waals surface area contributed by atoms with Gasteiger partial charge in [-0.15, -0.1) is 6.42 Å². The standard InChI is InChI=1S/C22H16ClNO6S/c1-3-8-24-20(25)18(31-22(24)28)11-14-9-16(23)19(17(10-14)29-2)30-12-13-4-6-15(7-5-13)21(26)27/h1,4-7,9-11H,8,12H2,2H3,(H,26,27)/p-1/b18-11+. The number of terminal acetylenes is 1. The van der Waals surface area contributed by atoms with E-state index in [-0.39, 0.29) is 34.4 Å². The number of aromatic carboxylic acids is 1. The maximum absolute atomic E-state index is 12.3. The number of rotatable bonds is 7. The van der Waals surface area contributed by atoms with Crippen LogP contribution < -0.4 is 14.6 Å². The van der Waals surface area contributed by atoms with E-state index in [1.54, 1.807) is 24.3 Å². The van der Waals surface area contributed by atoms with Gasteiger partial charge in [-0.3, -0.25) is 14.5 Å². The second-order valence-electron chi connectivity index (χ2n) is 6.28. The van der Waals surface area contributed by atoms with Crippen LogP contribution in [0.15, 0.2) is 41.3 Å². The molecule has 9 heteroatoms. The molecule has 1 aliphatic heterocycles. The molecule has 1 aliphatic rings. The number of benzene rings is 2. The normalized spacial score (nSPS) is 14.6. The fourth-order valence-electron chi connectivity index (χ4n) is 2.73. The number of halogens is 1. The van der Waals surface area contributed by atoms with Crippen LogP contribution in [-0.4, -0.2) is 35.7 Å². The van der Waals surface area contributed by atoms with Crippen molar-refractivity contribution in [3.8, 4) is 23.8 Å². The highest BCUT2D eigenvalue weighted by atomic mass is 35.5. The molecule has 0 bridgehead atoms. The molecule has 0 unspecified atom stereocenters. The second kappa shape index (κ2) is 9.60. The third-order valence-electron chi connectivity index (χ3n) is 4.25. The number of carboxylic acids is 1. The third kappa shape index (κ3) is 5.02. The quantitative estimate of drug-likeness (QED) is 0.466. The van der Waals surface area contributed by atoms with Gasteiger partial charge in [0, 0.05) is 0 Å². The van der Waals surface area contributed by atoms with E-state index < -0.39 is 17.1 Å². The summed E-state index contributed by atoms with van der Waals surface area (Å²) >= 11 is 7.15. The summed E-state index contributed by atoms with van der Waals surface area (Å²) < 4.78 is 11.1. The van der Waals surface area contributed by atoms with E-state index in [0.717, 1.165) is 22.2 Å². The zero-order valence-electron chi connectivity index (χ0n) is 16.2. The molecule has 0 aliphatic carbocycles. The number of ether oxygens (including phenoxy) is 2. The number of amides is 2. The zero-order valence-corrected chi connectivity index (χ0v) is 17.8. The number of imide groups is 1. The Morgan fingerprint density at radius 3 is 2.61 bits per heavy atom. The Balaban J connectivity index is 1.80. The van der Waals surface area contributed by atoms with Crippen LogP contribution in [0.1, 0.15) is 21.5 Å². The van der Waals surface area contributed by atoms with Gasteiger partial charge in [-0.1, -0.05) is 41.8 Å². The van der Waals surface area contributed by atoms with Crippen molar-refractivity contribution >= 4 is 46.6 Å². The monoisotopic (exact) mass is 456 g/mol. The minimum atomic E-state index is -1.26. The van der Waals surface area contributed by atoms with E-state index in [9.17, 15) is 19.5 Å². The lowest BCUT2D eigenvalue weighted by Crippen LogP contribution is -2.28. The molecule has 0 saturated carbocycles. The van der Waals surface area contributed by atoms with Crippen molar-refractivity contribution < 1.29 is 29.0 Å². The highest BCUT2D eigenvalue weighted by molar-refractivity contribution is 8.18. The summed E-state index contributed by atoms with van der Waals surface area (Å²) in [4.78, 5) is 36.3. The van der Waals surface area contributed by atoms with Crippen molar-refractivity contribution in [3.05, 3.63) is 63.0 Å². The number of methoxy groups -OCH3 is 1. The van der Waals surface area contributed by atoms with Gasteiger partial charge in [0.1, 0.15) is 6.61 Å². The molecule has 0 radical (unpaired) electrons. The van der Waals surface area contributed by atoms with Crippen molar-refractivity contribution in [2.24, 2.45) is 0 Å². The van der Waals surface area contributed by atoms with Gasteiger partial charge < -0.3 is 19.4 Å². The highest BCUT2D eigenvalue weighted by Gasteiger charge is 2.34. The maximum atomic E-state index is 12.3. The zero-order chi connectivity index (χ0) is 22.5. The smallest absolute Gasteiger partial charge is 0.294 e. The third-order valence-corrected chi connectivity index (χ3v) is 5.43. The first-order valence-corrected chi connectivity index (χ1v) is 10.0. The summed E-state index contributed by atoms with van der Waals surface area (Å²) in [5.41, 5.74) is 1.32. The average Bonchev–Trinajstić information content (AvgIpc) is 3.00. The van der Waals surface area contributed by atoms with E-state index in [1.165, 1.54) is 25.3 Å². The highest BCUT2D eigenvalue weighted by Crippen LogP contribution is 2.39. The van der Waals surface area contributed by atoms with Gasteiger partial charge in [-0.25, -0.2) is 0 Å². The van der Waals surface area contributed by atoms with Crippen LogP contribution in [0.2, 0.25) is 5.02 Å². The van der Waals surface area contributed by atoms with Gasteiger partial charge in [0.15, 0.2) is 11.5 Å². The van der Waals surface area contributed by atoms with Crippen molar-refractivity contribution in [1.29, 1.82) is 0 Å². The SMILES string of the molecule is C#CCN1C(=O)S/C(=C/c2cc(Cl)c(OCc3ccc(C(=O)[O-])cc3)c(OC)c2)C1=O. The second-order valence-corrected chi connectivity index (χ2v) is 7.68. The number of nitrogens with zero attached hydrogens (tertiary/aromatic N) is 1. The molecule has 3 rings (SSSR count). The molecule has 0 N–H and O–H groups in total. The Hall–Kier alpha value is -3.41. The van der Waals surface area contributed by atoms with Gasteiger partial charge >= 0.3 is 0 Å². The largest absolute Gasteiger partial charge is 0.545 e. The minimum Gasteiger partial charge on any atom is -0.545 e. The molecule has 2 aromatic rings. The first-order chi connectivity index (χ1) is 14.8. The number of thioether (sulfide) groups is 1. The number of hydrogen-bond donors (Lipinski definition) is 0. The van der Waals surface area contributed by atoms with Gasteiger partial charge in [-0.2, -0.15) is 0 Å². The van der Waals surface area contributed by atoms with Crippen LogP contribution in [0.25, 0.3) is 6.08 Å². The minimum absolute atomic E-state index is 0.0652. The summed E-state index contributed by atoms with van der Waals surface area (Å²) in [5.74, 6) is 1.16. The molecule has 0 aromatic heterocycles. The van der Waals surface area contributed by atoms with E-state index in [1.807, 2.05) is 0 Å². The first kappa shape index (κ1) is 22.3. The van der Waals surface area contributed by atoms with Crippen molar-refractivity contribution in [2.75, 3.05) is 13.7 Å². The van der Waals surface area contributed by atoms with Gasteiger partial charge in [0.05, 0.1) is 29.6 Å². The van der Waals surface area contributed by atoms with Crippen molar-refractivity contribution in [1.82, 2.24) is 4.90 Å². The van der Waals surface area contributed by atoms with Crippen LogP contribution in [0, 0.1) is 12.3 Å². The summed E-state index contributed by atoms with van der Waals surface area (Å²) in [7, 11) is 1.44. The molecule has 1 heterocycles. The molecule has 0 atom stereocenters. The number of hydrogen-bond acceptors (Lipinski definition) is 7. The van der Waals surface area contributed by atoms with Crippen molar-refractivity contribution in [2.45, 2.75) is 6.61 Å². The lowest BCUT2D eigenvalue weighted by atomic mass is 10.1. The fraction of sp³-hybridized carbons (Fsp3) is 0.136. The lowest BCUT2D eigenvalue weighted by Gasteiger charge is -2.14. The van der Waals surface area contributed by atoms with Gasteiger partial charge in [0.2, 0.25) is 0 Å². The predicted octanol–water partition coefficient (Wildman–Crippen LogP) is 2.96. The summed E-state index contributed by atoms with van der Waals surface area (Å²) in [5, 5.41) is 10.6. The van der Waals surface area contributed by atoms with Gasteiger partial charge in [-0.05, 0) is 46.7 Å². The Kier molecular flexibility index (Phi) is 6.90. The number of carboxylic acid groups (broad SMARTS) is 1. The molecule has 0 spiro atoms. The molecule has 2 amide bonds. The predicted molar refractivity (Wildman–Crippen MR) is 115 cm³/mol. The summed E-state index contributed by atoms with van der Waals surface area (Å²) in [6, 6.07) is 9.24. The molecular formula is C22H15ClNO6S-. The Morgan fingerprint density at radius 1 is 1.29 bits per heavy atom. The van der Waals surface area contributed by atoms with Crippen molar-refractivity contribution in [3.63, 3.8) is 0 Å². The number of carbonyl (C=O) groups is 3. The van der Waals surface area contributed by atoms with Crippen LogP contribution in [0.3, 0.4) is 0 Å². The molecule has 1 fully saturated rings. The first-order valence-electron chi connectivity index (χ1n) is 8.83. The Bertz CT molecular complexity index is 1120.